The standard InChI is InChI=1S/C22H26N4O2/c1-15-5-10-20(25-24-15)18-8-6-17(7-9-18)16(2)26-12-11-19(28-21(26)27)13-22(3,4)14-23/h5-10,16,19H,11-13H2,1-4H3. The molecule has 6 nitrogen and oxygen atoms in total. The number of cyclic esters (lactones) is 1. The molecule has 0 aliphatic carbocycles. The van der Waals surface area contributed by atoms with Crippen molar-refractivity contribution >= 4 is 6.09 Å². The Labute approximate surface area is 166 Å². The Balaban J connectivity index is 1.66. The van der Waals surface area contributed by atoms with E-state index in [1.807, 2.05) is 64.1 Å². The van der Waals surface area contributed by atoms with E-state index in [0.29, 0.717) is 13.0 Å². The third kappa shape index (κ3) is 4.48. The van der Waals surface area contributed by atoms with E-state index < -0.39 is 5.41 Å². The Kier molecular flexibility index (Phi) is 5.64. The summed E-state index contributed by atoms with van der Waals surface area (Å²) in [5.41, 5.74) is 3.24. The van der Waals surface area contributed by atoms with E-state index in [1.54, 1.807) is 4.90 Å². The predicted molar refractivity (Wildman–Crippen MR) is 106 cm³/mol. The van der Waals surface area contributed by atoms with Crippen LogP contribution < -0.4 is 0 Å². The third-order valence-electron chi connectivity index (χ3n) is 5.19. The van der Waals surface area contributed by atoms with Gasteiger partial charge in [0, 0.05) is 24.9 Å². The van der Waals surface area contributed by atoms with E-state index >= 15 is 0 Å². The summed E-state index contributed by atoms with van der Waals surface area (Å²) < 4.78 is 5.60. The number of nitriles is 1. The molecule has 0 spiro atoms. The lowest BCUT2D eigenvalue weighted by Crippen LogP contribution is -2.44. The summed E-state index contributed by atoms with van der Waals surface area (Å²) in [6.45, 7) is 8.27. The number of hydrogen-bond acceptors (Lipinski definition) is 5. The fraction of sp³-hybridized carbons (Fsp3) is 0.455. The van der Waals surface area contributed by atoms with Gasteiger partial charge in [0.15, 0.2) is 0 Å². The highest BCUT2D eigenvalue weighted by Gasteiger charge is 2.34. The zero-order valence-electron chi connectivity index (χ0n) is 16.8. The van der Waals surface area contributed by atoms with Crippen LogP contribution in [0.3, 0.4) is 0 Å². The number of hydrogen-bond donors (Lipinski definition) is 0. The normalized spacial score (nSPS) is 18.3. The van der Waals surface area contributed by atoms with Gasteiger partial charge in [0.05, 0.1) is 28.9 Å². The Hall–Kier alpha value is -2.94. The number of aromatic nitrogens is 2. The molecule has 0 bridgehead atoms. The van der Waals surface area contributed by atoms with E-state index in [2.05, 4.69) is 16.3 Å². The molecule has 146 valence electrons. The maximum Gasteiger partial charge on any atom is 0.410 e. The number of nitrogens with zero attached hydrogens (tertiary/aromatic N) is 4. The van der Waals surface area contributed by atoms with Crippen molar-refractivity contribution < 1.29 is 9.53 Å². The molecule has 0 saturated carbocycles. The second-order valence-corrected chi connectivity index (χ2v) is 8.05. The topological polar surface area (TPSA) is 79.1 Å². The van der Waals surface area contributed by atoms with Crippen molar-refractivity contribution in [1.29, 1.82) is 5.26 Å². The van der Waals surface area contributed by atoms with Crippen molar-refractivity contribution in [1.82, 2.24) is 15.1 Å². The van der Waals surface area contributed by atoms with Crippen molar-refractivity contribution in [3.63, 3.8) is 0 Å². The highest BCUT2D eigenvalue weighted by Crippen LogP contribution is 2.31. The molecule has 2 heterocycles. The maximum absolute atomic E-state index is 12.5. The molecule has 2 atom stereocenters. The largest absolute Gasteiger partial charge is 0.446 e. The predicted octanol–water partition coefficient (Wildman–Crippen LogP) is 4.66. The number of carbonyl (C=O) groups is 1. The molecule has 1 aliphatic heterocycles. The van der Waals surface area contributed by atoms with Gasteiger partial charge in [-0.15, -0.1) is 0 Å². The summed E-state index contributed by atoms with van der Waals surface area (Å²) in [4.78, 5) is 14.3. The van der Waals surface area contributed by atoms with Crippen molar-refractivity contribution in [3.05, 3.63) is 47.7 Å². The van der Waals surface area contributed by atoms with Crippen molar-refractivity contribution in [2.75, 3.05) is 6.54 Å². The highest BCUT2D eigenvalue weighted by atomic mass is 16.6. The summed E-state index contributed by atoms with van der Waals surface area (Å²) in [6.07, 6.45) is 0.779. The molecule has 0 radical (unpaired) electrons. The lowest BCUT2D eigenvalue weighted by molar-refractivity contribution is 0.000798. The zero-order valence-corrected chi connectivity index (χ0v) is 16.8. The van der Waals surface area contributed by atoms with Crippen molar-refractivity contribution in [2.45, 2.75) is 52.7 Å². The first-order chi connectivity index (χ1) is 13.3. The summed E-state index contributed by atoms with van der Waals surface area (Å²) in [5.74, 6) is 0. The summed E-state index contributed by atoms with van der Waals surface area (Å²) in [6, 6.07) is 14.1. The molecule has 1 aromatic carbocycles. The third-order valence-corrected chi connectivity index (χ3v) is 5.19. The highest BCUT2D eigenvalue weighted by molar-refractivity contribution is 5.69. The van der Waals surface area contributed by atoms with Crippen molar-refractivity contribution in [3.8, 4) is 17.3 Å². The first-order valence-electron chi connectivity index (χ1n) is 9.58. The van der Waals surface area contributed by atoms with Crippen molar-refractivity contribution in [2.24, 2.45) is 5.41 Å². The van der Waals surface area contributed by atoms with Gasteiger partial charge in [0.2, 0.25) is 0 Å². The van der Waals surface area contributed by atoms with Crippen LogP contribution in [0.15, 0.2) is 36.4 Å². The molecule has 1 saturated heterocycles. The van der Waals surface area contributed by atoms with Gasteiger partial charge >= 0.3 is 6.09 Å². The fourth-order valence-electron chi connectivity index (χ4n) is 3.42. The summed E-state index contributed by atoms with van der Waals surface area (Å²) in [7, 11) is 0. The molecular formula is C22H26N4O2. The first kappa shape index (κ1) is 19.8. The molecule has 3 rings (SSSR count). The average Bonchev–Trinajstić information content (AvgIpc) is 2.68. The van der Waals surface area contributed by atoms with E-state index in [-0.39, 0.29) is 18.2 Å². The average molecular weight is 378 g/mol. The van der Waals surface area contributed by atoms with E-state index in [4.69, 9.17) is 4.74 Å². The lowest BCUT2D eigenvalue weighted by atomic mass is 9.87. The SMILES string of the molecule is Cc1ccc(-c2ccc(C(C)N3CCC(CC(C)(C)C#N)OC3=O)cc2)nn1. The molecule has 2 aromatic rings. The first-order valence-corrected chi connectivity index (χ1v) is 9.58. The molecule has 6 heteroatoms. The van der Waals surface area contributed by atoms with Crippen LogP contribution >= 0.6 is 0 Å². The molecule has 1 aliphatic rings. The number of carbonyl (C=O) groups excluding carboxylic acids is 1. The van der Waals surface area contributed by atoms with Crippen LogP contribution in [0.4, 0.5) is 4.79 Å². The van der Waals surface area contributed by atoms with Crippen LogP contribution in [-0.4, -0.2) is 33.8 Å². The number of ether oxygens (including phenoxy) is 1. The van der Waals surface area contributed by atoms with Crippen LogP contribution in [0, 0.1) is 23.7 Å². The van der Waals surface area contributed by atoms with Crippen LogP contribution in [0.25, 0.3) is 11.3 Å². The van der Waals surface area contributed by atoms with Gasteiger partial charge < -0.3 is 9.64 Å². The van der Waals surface area contributed by atoms with E-state index in [0.717, 1.165) is 28.9 Å². The van der Waals surface area contributed by atoms with E-state index in [9.17, 15) is 10.1 Å². The van der Waals surface area contributed by atoms with Gasteiger partial charge in [-0.2, -0.15) is 15.5 Å². The maximum atomic E-state index is 12.5. The number of amides is 1. The van der Waals surface area contributed by atoms with Gasteiger partial charge in [-0.05, 0) is 45.4 Å². The van der Waals surface area contributed by atoms with Gasteiger partial charge in [-0.1, -0.05) is 24.3 Å². The van der Waals surface area contributed by atoms with Crippen LogP contribution in [0.2, 0.25) is 0 Å². The fourth-order valence-corrected chi connectivity index (χ4v) is 3.42. The molecular weight excluding hydrogens is 352 g/mol. The minimum absolute atomic E-state index is 0.0874. The Morgan fingerprint density at radius 1 is 1.25 bits per heavy atom. The quantitative estimate of drug-likeness (QED) is 0.756. The van der Waals surface area contributed by atoms with Gasteiger partial charge in [-0.25, -0.2) is 4.79 Å². The van der Waals surface area contributed by atoms with Crippen LogP contribution in [-0.2, 0) is 4.74 Å². The zero-order chi connectivity index (χ0) is 20.3. The van der Waals surface area contributed by atoms with Gasteiger partial charge in [0.1, 0.15) is 6.10 Å². The number of rotatable bonds is 5. The molecule has 28 heavy (non-hydrogen) atoms. The minimum Gasteiger partial charge on any atom is -0.446 e. The minimum atomic E-state index is -0.493. The Morgan fingerprint density at radius 3 is 2.54 bits per heavy atom. The van der Waals surface area contributed by atoms with Crippen LogP contribution in [0.1, 0.15) is 50.9 Å². The second-order valence-electron chi connectivity index (χ2n) is 8.05. The monoisotopic (exact) mass is 378 g/mol. The van der Waals surface area contributed by atoms with Gasteiger partial charge in [-0.3, -0.25) is 0 Å². The second kappa shape index (κ2) is 7.97. The lowest BCUT2D eigenvalue weighted by Gasteiger charge is -2.37. The van der Waals surface area contributed by atoms with Crippen LogP contribution in [0.5, 0.6) is 0 Å². The summed E-state index contributed by atoms with van der Waals surface area (Å²) in [5, 5.41) is 17.5. The Bertz CT molecular complexity index is 869. The molecule has 1 amide bonds. The molecule has 0 N–H and O–H groups in total. The number of benzene rings is 1. The summed E-state index contributed by atoms with van der Waals surface area (Å²) >= 11 is 0. The Morgan fingerprint density at radius 2 is 1.96 bits per heavy atom. The molecule has 1 fully saturated rings. The van der Waals surface area contributed by atoms with E-state index in [1.165, 1.54) is 0 Å². The van der Waals surface area contributed by atoms with Gasteiger partial charge in [0.25, 0.3) is 0 Å². The molecule has 2 unspecified atom stereocenters. The smallest absolute Gasteiger partial charge is 0.410 e. The number of aryl methyl sites for hydroxylation is 1. The molecule has 1 aromatic heterocycles.